The summed E-state index contributed by atoms with van der Waals surface area (Å²) >= 11 is 0. The molecule has 7 heteroatoms. The van der Waals surface area contributed by atoms with Gasteiger partial charge in [-0.2, -0.15) is 0 Å². The topological polar surface area (TPSA) is 18.1 Å². The van der Waals surface area contributed by atoms with Crippen LogP contribution in [0.15, 0.2) is 261 Å². The molecule has 498 valence electrons. The van der Waals surface area contributed by atoms with Gasteiger partial charge in [-0.15, -0.1) is 60.7 Å². The molecule has 0 fully saturated rings. The zero-order valence-corrected chi connectivity index (χ0v) is 59.5. The molecule has 0 amide bonds. The number of allylic oxidation sites excluding steroid dienone is 12. The Kier molecular flexibility index (Phi) is 28.0. The highest BCUT2D eigenvalue weighted by molar-refractivity contribution is 5.50. The van der Waals surface area contributed by atoms with Crippen LogP contribution in [0.25, 0.3) is 0 Å². The summed E-state index contributed by atoms with van der Waals surface area (Å²) in [6, 6.07) is 46.6. The van der Waals surface area contributed by atoms with Crippen LogP contribution in [-0.4, -0.2) is 67.8 Å². The van der Waals surface area contributed by atoms with Crippen molar-refractivity contribution in [3.05, 3.63) is 392 Å². The third-order valence-electron chi connectivity index (χ3n) is 17.2. The maximum atomic E-state index is 12.9. The minimum absolute atomic E-state index is 0.206. The van der Waals surface area contributed by atoms with Crippen LogP contribution in [0.2, 0.25) is 0 Å². The van der Waals surface area contributed by atoms with Crippen molar-refractivity contribution in [3.8, 4) is 0 Å². The summed E-state index contributed by atoms with van der Waals surface area (Å²) in [6.07, 6.45) is 54.9. The number of rotatable bonds is 13. The second-order valence-electron chi connectivity index (χ2n) is 24.9. The fourth-order valence-electron chi connectivity index (χ4n) is 11.7. The molecule has 0 N–H and O–H groups in total. The van der Waals surface area contributed by atoms with Gasteiger partial charge in [0.1, 0.15) is 79.3 Å². The van der Waals surface area contributed by atoms with E-state index in [1.807, 2.05) is 128 Å². The fourth-order valence-corrected chi connectivity index (χ4v) is 11.7. The van der Waals surface area contributed by atoms with E-state index in [0.717, 1.165) is 47.8 Å². The number of aryl methyl sites for hydroxylation is 10. The van der Waals surface area contributed by atoms with Crippen molar-refractivity contribution < 1.29 is 31.8 Å². The van der Waals surface area contributed by atoms with Gasteiger partial charge in [0.15, 0.2) is 0 Å². The number of hydrogen-bond donors (Lipinski definition) is 0. The van der Waals surface area contributed by atoms with Crippen LogP contribution >= 0.6 is 0 Å². The number of unbranched alkanes of at least 4 members (excludes halogenated alkanes) is 2. The van der Waals surface area contributed by atoms with Crippen molar-refractivity contribution >= 4 is 40.3 Å². The van der Waals surface area contributed by atoms with E-state index in [9.17, 15) is 4.39 Å². The largest absolute Gasteiger partial charge is 0.255 e. The molecule has 0 saturated heterocycles. The maximum absolute atomic E-state index is 12.9. The zero-order chi connectivity index (χ0) is 70.0. The predicted octanol–water partition coefficient (Wildman–Crippen LogP) is 20.1. The average molecular weight is 1290 g/mol. The van der Waals surface area contributed by atoms with E-state index >= 15 is 0 Å². The van der Waals surface area contributed by atoms with Gasteiger partial charge in [0, 0.05) is 0 Å². The molecule has 0 atom stereocenters. The average Bonchev–Trinajstić information content (AvgIpc) is 0.883. The highest BCUT2D eigenvalue weighted by Crippen LogP contribution is 2.31. The predicted molar refractivity (Wildman–Crippen MR) is 411 cm³/mol. The van der Waals surface area contributed by atoms with Gasteiger partial charge >= 0.3 is 0 Å². The van der Waals surface area contributed by atoms with E-state index in [2.05, 4.69) is 249 Å². The van der Waals surface area contributed by atoms with E-state index in [4.69, 9.17) is 0 Å². The first-order chi connectivity index (χ1) is 46.7. The Hall–Kier alpha value is -10.6. The first kappa shape index (κ1) is 73.8. The Morgan fingerprint density at radius 1 is 0.330 bits per heavy atom. The lowest BCUT2D eigenvalue weighted by molar-refractivity contribution is -0.418. The summed E-state index contributed by atoms with van der Waals surface area (Å²) in [5, 5.41) is 0. The molecular weight excluding hydrogens is 1180 g/mol. The van der Waals surface area contributed by atoms with Crippen molar-refractivity contribution in [1.29, 1.82) is 0 Å². The summed E-state index contributed by atoms with van der Waals surface area (Å²) in [5.74, 6) is -0.206. The van der Waals surface area contributed by atoms with Gasteiger partial charge < -0.3 is 0 Å². The number of halogens is 1. The van der Waals surface area contributed by atoms with Crippen LogP contribution < -0.4 is 0 Å². The lowest BCUT2D eigenvalue weighted by Gasteiger charge is -2.21. The van der Waals surface area contributed by atoms with E-state index in [1.165, 1.54) is 140 Å². The van der Waals surface area contributed by atoms with Gasteiger partial charge in [0.25, 0.3) is 0 Å². The molecule has 6 nitrogen and oxygen atoms in total. The lowest BCUT2D eigenvalue weighted by Crippen LogP contribution is -2.15. The highest BCUT2D eigenvalue weighted by atomic mass is 19.1. The van der Waals surface area contributed by atoms with Crippen LogP contribution in [0.1, 0.15) is 142 Å². The lowest BCUT2D eigenvalue weighted by atomic mass is 9.94. The van der Waals surface area contributed by atoms with Crippen molar-refractivity contribution in [2.45, 2.75) is 121 Å². The minimum atomic E-state index is -0.206. The molecule has 6 heterocycles. The Morgan fingerprint density at radius 3 is 1.02 bits per heavy atom. The molecule has 0 bridgehead atoms. The molecule has 6 aromatic carbocycles. The summed E-state index contributed by atoms with van der Waals surface area (Å²) in [6.45, 7) is 47.4. The number of benzene rings is 6. The van der Waals surface area contributed by atoms with Crippen molar-refractivity contribution in [3.63, 3.8) is 0 Å². The summed E-state index contributed by atoms with van der Waals surface area (Å²) in [7, 11) is 0. The monoisotopic (exact) mass is 1280 g/mol. The van der Waals surface area contributed by atoms with Crippen LogP contribution in [0.3, 0.4) is 0 Å². The molecular formula is C90H101FN6. The van der Waals surface area contributed by atoms with Crippen molar-refractivity contribution in [2.75, 3.05) is 0 Å². The number of hydrogen-bond acceptors (Lipinski definition) is 0. The second-order valence-corrected chi connectivity index (χ2v) is 24.9. The molecule has 6 aromatic rings. The molecule has 0 aromatic heterocycles. The smallest absolute Gasteiger partial charge is 0.147 e. The normalized spacial score (nSPS) is 14.7. The van der Waals surface area contributed by atoms with Crippen LogP contribution in [0.4, 0.5) is 4.39 Å². The molecule has 0 radical (unpaired) electrons. The van der Waals surface area contributed by atoms with Crippen molar-refractivity contribution in [2.24, 2.45) is 0 Å². The molecule has 6 aliphatic heterocycles. The highest BCUT2D eigenvalue weighted by Gasteiger charge is 2.21. The minimum Gasteiger partial charge on any atom is -0.255 e. The fraction of sp³-hybridized carbons (Fsp3) is 0.200. The molecule has 0 aliphatic carbocycles. The zero-order valence-electron chi connectivity index (χ0n) is 59.5. The van der Waals surface area contributed by atoms with Gasteiger partial charge in [-0.05, 0) is 109 Å². The molecule has 0 saturated carbocycles. The van der Waals surface area contributed by atoms with Gasteiger partial charge in [-0.1, -0.05) is 265 Å². The standard InChI is InChI=1S/C18H23N.C17H21N.C15H17N.C14H15N.C13H12FN.C13H13N/c1-5-6-7-16-8-9-17(15(3)13-16)18-12-14(2)10-11-19(18)4;1-4-5-8-15-10-11-16(14(2)13-15)17-9-6-7-12-18(17)3;1-4-13-8-9-14(12(2)11-13)15-7-5-6-10-16(15)3;1-11-7-8-13(12(2)10-11)14-6-4-5-9-15(14)3;1-10-9-11(14)6-7-12(10)13-5-3-4-8-15(13)2;1-11-7-3-4-8-12(11)13-9-5-6-10-14(13)2/h8-13H,4-7H2,1-3H3;6-7,9-13H,3-5,8H2,1-2H3;5-11H,3-4H2,1-2H3;4-10H,3H2,1-2H3;3-9H,2H2,1H3;3-10H,2H2,1H3. The Morgan fingerprint density at radius 2 is 0.660 bits per heavy atom. The maximum Gasteiger partial charge on any atom is 0.147 e. The van der Waals surface area contributed by atoms with Crippen molar-refractivity contribution in [1.82, 2.24) is 0 Å². The number of nitrogens with zero attached hydrogens (tertiary/aromatic N) is 6. The van der Waals surface area contributed by atoms with E-state index in [0.29, 0.717) is 0 Å². The summed E-state index contributed by atoms with van der Waals surface area (Å²) in [4.78, 5) is 0. The first-order valence-electron chi connectivity index (χ1n) is 33.8. The van der Waals surface area contributed by atoms with Crippen LogP contribution in [0.5, 0.6) is 0 Å². The Balaban J connectivity index is 0.000000165. The second kappa shape index (κ2) is 36.9. The van der Waals surface area contributed by atoms with Gasteiger partial charge in [-0.3, -0.25) is 27.5 Å². The Labute approximate surface area is 582 Å². The van der Waals surface area contributed by atoms with E-state index < -0.39 is 0 Å². The quantitative estimate of drug-likeness (QED) is 0.0810. The Bertz CT molecular complexity index is 4130. The van der Waals surface area contributed by atoms with E-state index in [-0.39, 0.29) is 5.82 Å². The summed E-state index contributed by atoms with van der Waals surface area (Å²) < 4.78 is 24.3. The van der Waals surface area contributed by atoms with Gasteiger partial charge in [-0.25, -0.2) is 4.39 Å². The molecule has 0 unspecified atom stereocenters. The third kappa shape index (κ3) is 21.2. The molecule has 12 rings (SSSR count). The van der Waals surface area contributed by atoms with Crippen LogP contribution in [-0.2, 0) is 19.3 Å². The summed E-state index contributed by atoms with van der Waals surface area (Å²) in [5.41, 5.74) is 21.6. The van der Waals surface area contributed by atoms with Gasteiger partial charge in [0.05, 0.1) is 40.3 Å². The molecule has 97 heavy (non-hydrogen) atoms. The third-order valence-corrected chi connectivity index (χ3v) is 17.2. The van der Waals surface area contributed by atoms with Gasteiger partial charge in [0.2, 0.25) is 0 Å². The van der Waals surface area contributed by atoms with E-state index in [1.54, 1.807) is 10.6 Å². The molecule has 0 spiro atoms. The first-order valence-corrected chi connectivity index (χ1v) is 33.8. The SMILES string of the molecule is C=[N+]1C=CC(C)=C[C-]1c1ccc(CCCC)cc1C.C=[N+]1C=CC=C[C-]1c1ccc(C)cc1C.C=[N+]1C=CC=C[C-]1c1ccc(CC)cc1C.C=[N+]1C=CC=C[C-]1c1ccc(CCCC)cc1C.C=[N+]1C=CC=C[C-]1c1ccc(F)cc1C.C=[N+]1C=CC=C[C-]1c1ccccc1C. The van der Waals surface area contributed by atoms with Crippen LogP contribution in [0, 0.1) is 90.5 Å². The molecule has 6 aliphatic rings.